The molecule has 0 radical (unpaired) electrons. The monoisotopic (exact) mass is 340 g/mol. The minimum absolute atomic E-state index is 0.193. The number of hydrogen-bond acceptors (Lipinski definition) is 2. The van der Waals surface area contributed by atoms with E-state index in [1.165, 1.54) is 0 Å². The van der Waals surface area contributed by atoms with E-state index in [0.29, 0.717) is 0 Å². The Labute approximate surface area is 85.5 Å². The lowest BCUT2D eigenvalue weighted by molar-refractivity contribution is -0.395. The Morgan fingerprint density at radius 3 is 1.64 bits per heavy atom. The first-order valence-electron chi connectivity index (χ1n) is 2.62. The van der Waals surface area contributed by atoms with Crippen LogP contribution in [-0.2, 0) is 9.53 Å². The molecule has 0 spiro atoms. The zero-order valence-electron chi connectivity index (χ0n) is 5.84. The summed E-state index contributed by atoms with van der Waals surface area (Å²) in [6.07, 6.45) is -11.3. The molecule has 0 amide bonds. The van der Waals surface area contributed by atoms with Gasteiger partial charge in [-0.1, -0.05) is 0 Å². The summed E-state index contributed by atoms with van der Waals surface area (Å²) in [4.78, 5) is 9.35. The molecule has 0 N–H and O–H groups in total. The molecule has 0 aromatic heterocycles. The van der Waals surface area contributed by atoms with Crippen molar-refractivity contribution in [2.75, 3.05) is 0 Å². The summed E-state index contributed by atoms with van der Waals surface area (Å²) in [6, 6.07) is -3.59. The van der Waals surface area contributed by atoms with Crippen LogP contribution in [0.2, 0.25) is 0 Å². The van der Waals surface area contributed by atoms with Gasteiger partial charge in [0.05, 0.1) is 0 Å². The number of carbonyl (C=O) groups is 1. The number of hydrogen-bond donors (Lipinski definition) is 0. The summed E-state index contributed by atoms with van der Waals surface area (Å²) in [5.74, 6) is 0. The largest absolute Gasteiger partial charge is 0.453 e. The van der Waals surface area contributed by atoms with Crippen molar-refractivity contribution in [1.29, 1.82) is 0 Å². The molecule has 0 saturated carbocycles. The number of carbonyl (C=O) groups excluding carboxylic acids is 1. The van der Waals surface area contributed by atoms with Crippen LogP contribution in [0.25, 0.3) is 0 Å². The van der Waals surface area contributed by atoms with Gasteiger partial charge in [-0.3, -0.25) is 4.79 Å². The molecule has 2 nitrogen and oxygen atoms in total. The molecule has 0 aliphatic carbocycles. The van der Waals surface area contributed by atoms with Crippen molar-refractivity contribution in [1.82, 2.24) is 0 Å². The predicted molar refractivity (Wildman–Crippen MR) is 36.1 cm³/mol. The fourth-order valence-corrected chi connectivity index (χ4v) is 0.369. The highest BCUT2D eigenvalue weighted by atomic mass is 127. The second-order valence-electron chi connectivity index (χ2n) is 1.91. The van der Waals surface area contributed by atoms with Gasteiger partial charge < -0.3 is 0 Å². The van der Waals surface area contributed by atoms with E-state index in [1.807, 2.05) is 0 Å². The Hall–Kier alpha value is -0.130. The molecule has 10 heteroatoms. The van der Waals surface area contributed by atoms with Crippen LogP contribution < -0.4 is 0 Å². The van der Waals surface area contributed by atoms with E-state index in [4.69, 9.17) is 0 Å². The van der Waals surface area contributed by atoms with Gasteiger partial charge >= 0.3 is 22.2 Å². The van der Waals surface area contributed by atoms with Gasteiger partial charge in [0, 0.05) is 22.6 Å². The Balaban J connectivity index is 4.76. The van der Waals surface area contributed by atoms with Crippen LogP contribution in [0.5, 0.6) is 0 Å². The highest BCUT2D eigenvalue weighted by molar-refractivity contribution is 14.1. The number of halogens is 8. The van der Waals surface area contributed by atoms with Crippen LogP contribution in [0.4, 0.5) is 30.7 Å². The minimum atomic E-state index is -5.65. The Kier molecular flexibility index (Phi) is 3.76. The highest BCUT2D eigenvalue weighted by Gasteiger charge is 2.63. The molecule has 0 bridgehead atoms. The lowest BCUT2D eigenvalue weighted by atomic mass is 10.6. The summed E-state index contributed by atoms with van der Waals surface area (Å²) in [6.45, 7) is 0. The average molecular weight is 340 g/mol. The van der Waals surface area contributed by atoms with E-state index in [1.54, 1.807) is 0 Å². The van der Waals surface area contributed by atoms with Crippen molar-refractivity contribution in [3.8, 4) is 0 Å². The van der Waals surface area contributed by atoms with Crippen molar-refractivity contribution >= 4 is 28.6 Å². The summed E-state index contributed by atoms with van der Waals surface area (Å²) >= 11 is -0.193. The summed E-state index contributed by atoms with van der Waals surface area (Å²) < 4.78 is 79.7. The number of alkyl halides is 7. The fraction of sp³-hybridized carbons (Fsp3) is 0.750. The number of rotatable bonds is 4. The summed E-state index contributed by atoms with van der Waals surface area (Å²) in [7, 11) is 0. The Bertz CT molecular complexity index is 234. The molecule has 0 unspecified atom stereocenters. The van der Waals surface area contributed by atoms with Crippen molar-refractivity contribution in [2.24, 2.45) is 0 Å². The second-order valence-corrected chi connectivity index (χ2v) is 3.26. The van der Waals surface area contributed by atoms with Crippen molar-refractivity contribution in [2.45, 2.75) is 16.1 Å². The zero-order chi connectivity index (χ0) is 11.8. The standard InChI is InChI=1S/C4F7IO2/c5-1(13)2(6,7)14-4(10,11)3(8,9)12. The highest BCUT2D eigenvalue weighted by Crippen LogP contribution is 2.43. The third-order valence-electron chi connectivity index (χ3n) is 0.815. The third-order valence-corrected chi connectivity index (χ3v) is 1.44. The van der Waals surface area contributed by atoms with Gasteiger partial charge in [0.1, 0.15) is 0 Å². The first-order chi connectivity index (χ1) is 5.90. The predicted octanol–water partition coefficient (Wildman–Crippen LogP) is 2.71. The quantitative estimate of drug-likeness (QED) is 0.341. The van der Waals surface area contributed by atoms with Gasteiger partial charge in [-0.2, -0.15) is 30.7 Å². The Morgan fingerprint density at radius 2 is 1.43 bits per heavy atom. The molecule has 0 aromatic rings. The van der Waals surface area contributed by atoms with Crippen molar-refractivity contribution in [3.05, 3.63) is 0 Å². The first-order valence-corrected chi connectivity index (χ1v) is 3.70. The number of ether oxygens (including phenoxy) is 1. The minimum Gasteiger partial charge on any atom is -0.251 e. The topological polar surface area (TPSA) is 26.3 Å². The van der Waals surface area contributed by atoms with Crippen LogP contribution in [-0.4, -0.2) is 22.2 Å². The van der Waals surface area contributed by atoms with Crippen molar-refractivity contribution < 1.29 is 40.3 Å². The van der Waals surface area contributed by atoms with E-state index >= 15 is 0 Å². The molecular formula is C4F7IO2. The molecule has 0 aromatic carbocycles. The van der Waals surface area contributed by atoms with Crippen molar-refractivity contribution in [3.63, 3.8) is 0 Å². The smallest absolute Gasteiger partial charge is 0.251 e. The van der Waals surface area contributed by atoms with Gasteiger partial charge in [0.2, 0.25) is 0 Å². The molecule has 0 atom stereocenters. The van der Waals surface area contributed by atoms with E-state index in [2.05, 4.69) is 4.74 Å². The molecule has 0 aliphatic rings. The van der Waals surface area contributed by atoms with Crippen LogP contribution in [0.3, 0.4) is 0 Å². The van der Waals surface area contributed by atoms with E-state index in [0.717, 1.165) is 0 Å². The van der Waals surface area contributed by atoms with Gasteiger partial charge in [-0.15, -0.1) is 0 Å². The van der Waals surface area contributed by atoms with E-state index < -0.39 is 22.2 Å². The average Bonchev–Trinajstić information content (AvgIpc) is 1.80. The van der Waals surface area contributed by atoms with Gasteiger partial charge in [-0.25, -0.2) is 4.74 Å². The molecular weight excluding hydrogens is 340 g/mol. The molecule has 84 valence electrons. The maximum atomic E-state index is 12.0. The lowest BCUT2D eigenvalue weighted by Gasteiger charge is -2.23. The molecule has 0 fully saturated rings. The second kappa shape index (κ2) is 3.79. The van der Waals surface area contributed by atoms with E-state index in [-0.39, 0.29) is 22.6 Å². The van der Waals surface area contributed by atoms with Gasteiger partial charge in [0.25, 0.3) is 0 Å². The van der Waals surface area contributed by atoms with Gasteiger partial charge in [-0.05, 0) is 0 Å². The maximum absolute atomic E-state index is 12.0. The summed E-state index contributed by atoms with van der Waals surface area (Å²) in [5.41, 5.74) is 0. The van der Waals surface area contributed by atoms with Gasteiger partial charge in [0.15, 0.2) is 0 Å². The maximum Gasteiger partial charge on any atom is 0.453 e. The summed E-state index contributed by atoms with van der Waals surface area (Å²) in [5, 5.41) is 0. The zero-order valence-corrected chi connectivity index (χ0v) is 8.00. The fourth-order valence-electron chi connectivity index (χ4n) is 0.259. The van der Waals surface area contributed by atoms with Crippen LogP contribution in [0, 0.1) is 0 Å². The lowest BCUT2D eigenvalue weighted by Crippen LogP contribution is -2.45. The third kappa shape index (κ3) is 3.22. The molecule has 0 aliphatic heterocycles. The van der Waals surface area contributed by atoms with E-state index in [9.17, 15) is 35.5 Å². The normalized spacial score (nSPS) is 14.3. The molecule has 14 heavy (non-hydrogen) atoms. The first kappa shape index (κ1) is 13.9. The molecule has 0 heterocycles. The van der Waals surface area contributed by atoms with Crippen LogP contribution >= 0.6 is 22.6 Å². The van der Waals surface area contributed by atoms with Crippen LogP contribution in [0.15, 0.2) is 0 Å². The Morgan fingerprint density at radius 1 is 1.07 bits per heavy atom. The SMILES string of the molecule is O=C(F)C(F)(F)OC(F)(F)C(F)(F)I. The molecule has 0 saturated heterocycles. The molecule has 0 rings (SSSR count). The van der Waals surface area contributed by atoms with Crippen LogP contribution in [0.1, 0.15) is 0 Å².